The van der Waals surface area contributed by atoms with Gasteiger partial charge in [0.25, 0.3) is 0 Å². The summed E-state index contributed by atoms with van der Waals surface area (Å²) < 4.78 is 0. The third kappa shape index (κ3) is 0.944. The van der Waals surface area contributed by atoms with Gasteiger partial charge in [0.1, 0.15) is 11.5 Å². The highest BCUT2D eigenvalue weighted by atomic mass is 16.3. The van der Waals surface area contributed by atoms with Crippen molar-refractivity contribution in [3.63, 3.8) is 0 Å². The van der Waals surface area contributed by atoms with Crippen LogP contribution in [-0.2, 0) is 0 Å². The van der Waals surface area contributed by atoms with Crippen molar-refractivity contribution in [1.82, 2.24) is 4.98 Å². The normalized spacial score (nSPS) is 11.2. The van der Waals surface area contributed by atoms with Crippen molar-refractivity contribution in [2.24, 2.45) is 0 Å². The maximum atomic E-state index is 9.99. The Morgan fingerprint density at radius 3 is 2.20 bits per heavy atom. The predicted molar refractivity (Wildman–Crippen MR) is 59.1 cm³/mol. The molecule has 0 aliphatic heterocycles. The average Bonchev–Trinajstić information content (AvgIpc) is 2.75. The molecule has 3 N–H and O–H groups in total. The van der Waals surface area contributed by atoms with Crippen molar-refractivity contribution < 1.29 is 10.2 Å². The van der Waals surface area contributed by atoms with Crippen LogP contribution in [0.1, 0.15) is 0 Å². The molecule has 1 heterocycles. The quantitative estimate of drug-likeness (QED) is 0.487. The van der Waals surface area contributed by atoms with Crippen LogP contribution in [0.4, 0.5) is 0 Å². The molecule has 0 aliphatic carbocycles. The number of phenolic OH excluding ortho intramolecular Hbond substituents is 2. The summed E-state index contributed by atoms with van der Waals surface area (Å²) >= 11 is 0. The van der Waals surface area contributed by atoms with E-state index in [1.54, 1.807) is 24.4 Å². The molecule has 0 bridgehead atoms. The first-order valence-electron chi connectivity index (χ1n) is 4.69. The van der Waals surface area contributed by atoms with Gasteiger partial charge in [-0.3, -0.25) is 0 Å². The molecule has 0 amide bonds. The molecule has 3 nitrogen and oxygen atoms in total. The second-order valence-corrected chi connectivity index (χ2v) is 3.51. The molecule has 3 rings (SSSR count). The van der Waals surface area contributed by atoms with Gasteiger partial charge in [-0.15, -0.1) is 0 Å². The number of phenols is 2. The van der Waals surface area contributed by atoms with E-state index in [2.05, 4.69) is 4.98 Å². The molecule has 0 aliphatic rings. The maximum Gasteiger partial charge on any atom is 0.147 e. The highest BCUT2D eigenvalue weighted by Gasteiger charge is 2.12. The summed E-state index contributed by atoms with van der Waals surface area (Å²) in [5.41, 5.74) is 0.575. The van der Waals surface area contributed by atoms with Gasteiger partial charge in [-0.05, 0) is 6.07 Å². The van der Waals surface area contributed by atoms with Gasteiger partial charge < -0.3 is 15.2 Å². The first kappa shape index (κ1) is 8.17. The van der Waals surface area contributed by atoms with E-state index < -0.39 is 0 Å². The second kappa shape index (κ2) is 2.67. The van der Waals surface area contributed by atoms with E-state index in [4.69, 9.17) is 0 Å². The van der Waals surface area contributed by atoms with Crippen LogP contribution in [0.5, 0.6) is 11.5 Å². The van der Waals surface area contributed by atoms with Crippen LogP contribution < -0.4 is 0 Å². The zero-order valence-electron chi connectivity index (χ0n) is 7.86. The van der Waals surface area contributed by atoms with Crippen molar-refractivity contribution in [2.45, 2.75) is 0 Å². The lowest BCUT2D eigenvalue weighted by Crippen LogP contribution is -1.78. The lowest BCUT2D eigenvalue weighted by atomic mass is 10.1. The zero-order chi connectivity index (χ0) is 10.4. The standard InChI is InChI=1S/C12H9NO2/c14-11-7-3-1-2-4-8(7)12(15)10-9(11)5-6-13-10/h1-6,13-15H. The van der Waals surface area contributed by atoms with Gasteiger partial charge in [0.2, 0.25) is 0 Å². The number of nitrogens with one attached hydrogen (secondary N) is 1. The summed E-state index contributed by atoms with van der Waals surface area (Å²) in [6, 6.07) is 8.98. The Morgan fingerprint density at radius 1 is 0.800 bits per heavy atom. The summed E-state index contributed by atoms with van der Waals surface area (Å²) in [6.45, 7) is 0. The molecule has 0 radical (unpaired) electrons. The molecule has 0 spiro atoms. The van der Waals surface area contributed by atoms with Crippen LogP contribution in [0.3, 0.4) is 0 Å². The minimum atomic E-state index is 0.184. The fraction of sp³-hybridized carbons (Fsp3) is 0. The van der Waals surface area contributed by atoms with E-state index in [0.717, 1.165) is 0 Å². The molecule has 3 heteroatoms. The van der Waals surface area contributed by atoms with Gasteiger partial charge in [0.15, 0.2) is 0 Å². The number of aromatic hydroxyl groups is 2. The number of fused-ring (bicyclic) bond motifs is 2. The Balaban J connectivity index is 2.69. The molecule has 0 fully saturated rings. The van der Waals surface area contributed by atoms with Crippen LogP contribution in [0.15, 0.2) is 36.5 Å². The molecule has 0 saturated heterocycles. The lowest BCUT2D eigenvalue weighted by Gasteiger charge is -2.05. The number of rotatable bonds is 0. The highest BCUT2D eigenvalue weighted by molar-refractivity contribution is 6.09. The number of hydrogen-bond donors (Lipinski definition) is 3. The third-order valence-electron chi connectivity index (χ3n) is 2.68. The minimum absolute atomic E-state index is 0.184. The largest absolute Gasteiger partial charge is 0.507 e. The molecular formula is C12H9NO2. The average molecular weight is 199 g/mol. The van der Waals surface area contributed by atoms with Crippen LogP contribution in [0, 0.1) is 0 Å². The summed E-state index contributed by atoms with van der Waals surface area (Å²) in [5.74, 6) is 0.392. The Morgan fingerprint density at radius 2 is 1.47 bits per heavy atom. The van der Waals surface area contributed by atoms with Crippen LogP contribution >= 0.6 is 0 Å². The van der Waals surface area contributed by atoms with E-state index in [1.807, 2.05) is 12.1 Å². The topological polar surface area (TPSA) is 56.2 Å². The number of aromatic nitrogens is 1. The number of hydrogen-bond acceptors (Lipinski definition) is 2. The Labute approximate surface area is 85.6 Å². The lowest BCUT2D eigenvalue weighted by molar-refractivity contribution is 0.478. The molecule has 3 aromatic rings. The van der Waals surface area contributed by atoms with Gasteiger partial charge in [-0.25, -0.2) is 0 Å². The molecule has 0 unspecified atom stereocenters. The van der Waals surface area contributed by atoms with E-state index >= 15 is 0 Å². The van der Waals surface area contributed by atoms with Crippen molar-refractivity contribution in [1.29, 1.82) is 0 Å². The molecule has 0 atom stereocenters. The fourth-order valence-electron chi connectivity index (χ4n) is 1.94. The van der Waals surface area contributed by atoms with Gasteiger partial charge in [0.05, 0.1) is 5.52 Å². The van der Waals surface area contributed by atoms with Gasteiger partial charge in [-0.1, -0.05) is 24.3 Å². The number of H-pyrrole nitrogens is 1. The molecule has 0 saturated carbocycles. The number of benzene rings is 2. The monoisotopic (exact) mass is 199 g/mol. The molecule has 2 aromatic carbocycles. The van der Waals surface area contributed by atoms with Gasteiger partial charge >= 0.3 is 0 Å². The number of aromatic amines is 1. The van der Waals surface area contributed by atoms with E-state index in [-0.39, 0.29) is 11.5 Å². The summed E-state index contributed by atoms with van der Waals surface area (Å²) in [6.07, 6.45) is 1.70. The first-order chi connectivity index (χ1) is 7.29. The van der Waals surface area contributed by atoms with Crippen molar-refractivity contribution in [3.8, 4) is 11.5 Å². The zero-order valence-corrected chi connectivity index (χ0v) is 7.86. The molecule has 74 valence electrons. The summed E-state index contributed by atoms with van der Waals surface area (Å²) in [4.78, 5) is 2.91. The molecule has 15 heavy (non-hydrogen) atoms. The molecular weight excluding hydrogens is 190 g/mol. The van der Waals surface area contributed by atoms with Gasteiger partial charge in [-0.2, -0.15) is 0 Å². The Hall–Kier alpha value is -2.16. The third-order valence-corrected chi connectivity index (χ3v) is 2.68. The maximum absolute atomic E-state index is 9.99. The van der Waals surface area contributed by atoms with E-state index in [0.29, 0.717) is 21.7 Å². The summed E-state index contributed by atoms with van der Waals surface area (Å²) in [7, 11) is 0. The van der Waals surface area contributed by atoms with Crippen molar-refractivity contribution in [3.05, 3.63) is 36.5 Å². The molecule has 1 aromatic heterocycles. The van der Waals surface area contributed by atoms with E-state index in [1.165, 1.54) is 0 Å². The Bertz CT molecular complexity index is 600. The first-order valence-corrected chi connectivity index (χ1v) is 4.69. The van der Waals surface area contributed by atoms with Crippen molar-refractivity contribution >= 4 is 21.7 Å². The van der Waals surface area contributed by atoms with Crippen LogP contribution in [-0.4, -0.2) is 15.2 Å². The fourth-order valence-corrected chi connectivity index (χ4v) is 1.94. The Kier molecular flexibility index (Phi) is 1.45. The minimum Gasteiger partial charge on any atom is -0.507 e. The van der Waals surface area contributed by atoms with Crippen molar-refractivity contribution in [2.75, 3.05) is 0 Å². The van der Waals surface area contributed by atoms with E-state index in [9.17, 15) is 10.2 Å². The van der Waals surface area contributed by atoms with Crippen LogP contribution in [0.2, 0.25) is 0 Å². The highest BCUT2D eigenvalue weighted by Crippen LogP contribution is 2.40. The van der Waals surface area contributed by atoms with Gasteiger partial charge in [0, 0.05) is 22.4 Å². The predicted octanol–water partition coefficient (Wildman–Crippen LogP) is 2.73. The smallest absolute Gasteiger partial charge is 0.147 e. The summed E-state index contributed by atoms with van der Waals surface area (Å²) in [5, 5.41) is 21.9. The van der Waals surface area contributed by atoms with Crippen LogP contribution in [0.25, 0.3) is 21.7 Å². The second-order valence-electron chi connectivity index (χ2n) is 3.51. The SMILES string of the molecule is Oc1c2ccccc2c(O)c2[nH]ccc12.